The van der Waals surface area contributed by atoms with E-state index in [2.05, 4.69) is 24.0 Å². The van der Waals surface area contributed by atoms with Crippen LogP contribution in [0, 0.1) is 0 Å². The topological polar surface area (TPSA) is 29.5 Å². The lowest BCUT2D eigenvalue weighted by Crippen LogP contribution is -2.31. The number of unbranched alkanes of at least 4 members (excludes halogenated alkanes) is 15. The third-order valence-corrected chi connectivity index (χ3v) is 6.45. The highest BCUT2D eigenvalue weighted by molar-refractivity contribution is 6.18. The summed E-state index contributed by atoms with van der Waals surface area (Å²) >= 11 is 11.5. The Bertz CT molecular complexity index is 426. The van der Waals surface area contributed by atoms with Crippen molar-refractivity contribution >= 4 is 29.2 Å². The Labute approximate surface area is 216 Å². The molecule has 0 aromatic carbocycles. The van der Waals surface area contributed by atoms with E-state index < -0.39 is 0 Å². The highest BCUT2D eigenvalue weighted by atomic mass is 35.5. The van der Waals surface area contributed by atoms with Crippen molar-refractivity contribution < 1.29 is 9.53 Å². The number of hydrogen-bond acceptors (Lipinski definition) is 3. The third kappa shape index (κ3) is 26.2. The van der Waals surface area contributed by atoms with Crippen LogP contribution in [0.4, 0.5) is 0 Å². The molecule has 0 aliphatic rings. The molecular weight excluding hydrogens is 453 g/mol. The van der Waals surface area contributed by atoms with Gasteiger partial charge in [-0.25, -0.2) is 0 Å². The molecule has 0 aromatic rings. The van der Waals surface area contributed by atoms with Crippen molar-refractivity contribution in [1.29, 1.82) is 0 Å². The van der Waals surface area contributed by atoms with Crippen LogP contribution >= 0.6 is 23.2 Å². The van der Waals surface area contributed by atoms with E-state index in [0.717, 1.165) is 25.9 Å². The van der Waals surface area contributed by atoms with Crippen LogP contribution in [-0.2, 0) is 9.53 Å². The maximum Gasteiger partial charge on any atom is 0.305 e. The molecule has 0 heterocycles. The summed E-state index contributed by atoms with van der Waals surface area (Å²) in [4.78, 5) is 14.0. The summed E-state index contributed by atoms with van der Waals surface area (Å²) in [6, 6.07) is 0. The van der Waals surface area contributed by atoms with Crippen molar-refractivity contribution in [1.82, 2.24) is 4.90 Å². The van der Waals surface area contributed by atoms with Gasteiger partial charge < -0.3 is 4.74 Å². The molecule has 0 aliphatic heterocycles. The molecule has 5 heteroatoms. The minimum atomic E-state index is -0.0762. The number of rotatable bonds is 26. The molecule has 0 bridgehead atoms. The Balaban J connectivity index is 3.30. The Hall–Kier alpha value is -0.250. The number of ether oxygens (including phenoxy) is 1. The molecule has 0 atom stereocenters. The van der Waals surface area contributed by atoms with Gasteiger partial charge in [0.15, 0.2) is 0 Å². The van der Waals surface area contributed by atoms with Crippen LogP contribution in [0.25, 0.3) is 0 Å². The van der Waals surface area contributed by atoms with Gasteiger partial charge in [-0.15, -0.1) is 23.2 Å². The summed E-state index contributed by atoms with van der Waals surface area (Å²) in [5.74, 6) is 1.07. The smallest absolute Gasteiger partial charge is 0.305 e. The zero-order chi connectivity index (χ0) is 24.2. The van der Waals surface area contributed by atoms with E-state index >= 15 is 0 Å². The predicted octanol–water partition coefficient (Wildman–Crippen LogP) is 8.91. The van der Waals surface area contributed by atoms with Gasteiger partial charge in [0.1, 0.15) is 6.61 Å². The highest BCUT2D eigenvalue weighted by Gasteiger charge is 2.06. The number of alkyl halides is 2. The largest absolute Gasteiger partial charge is 0.464 e. The number of nitrogens with zero attached hydrogens (tertiary/aromatic N) is 1. The molecule has 0 amide bonds. The summed E-state index contributed by atoms with van der Waals surface area (Å²) in [6.07, 6.45) is 27.5. The van der Waals surface area contributed by atoms with E-state index in [1.165, 1.54) is 96.3 Å². The lowest BCUT2D eigenvalue weighted by Gasteiger charge is -2.19. The van der Waals surface area contributed by atoms with E-state index in [9.17, 15) is 4.79 Å². The molecule has 33 heavy (non-hydrogen) atoms. The second-order valence-electron chi connectivity index (χ2n) is 9.19. The molecule has 0 aliphatic carbocycles. The zero-order valence-electron chi connectivity index (χ0n) is 21.6. The molecule has 0 N–H and O–H groups in total. The number of halogens is 2. The minimum absolute atomic E-state index is 0.0762. The monoisotopic (exact) mass is 505 g/mol. The molecule has 3 nitrogen and oxygen atoms in total. The molecule has 0 spiro atoms. The fourth-order valence-electron chi connectivity index (χ4n) is 3.98. The van der Waals surface area contributed by atoms with Crippen LogP contribution in [0.15, 0.2) is 12.2 Å². The normalized spacial score (nSPS) is 11.6. The van der Waals surface area contributed by atoms with Crippen molar-refractivity contribution in [2.75, 3.05) is 38.0 Å². The Morgan fingerprint density at radius 2 is 1.12 bits per heavy atom. The van der Waals surface area contributed by atoms with Crippen molar-refractivity contribution in [3.63, 3.8) is 0 Å². The van der Waals surface area contributed by atoms with Crippen LogP contribution in [0.2, 0.25) is 0 Å². The Morgan fingerprint density at radius 1 is 0.667 bits per heavy atom. The van der Waals surface area contributed by atoms with E-state index in [1.807, 2.05) is 0 Å². The van der Waals surface area contributed by atoms with Gasteiger partial charge in [-0.1, -0.05) is 96.1 Å². The average molecular weight is 507 g/mol. The third-order valence-electron chi connectivity index (χ3n) is 6.11. The van der Waals surface area contributed by atoms with Crippen LogP contribution < -0.4 is 0 Å². The molecule has 196 valence electrons. The second-order valence-corrected chi connectivity index (χ2v) is 9.94. The maximum absolute atomic E-state index is 11.8. The molecule has 0 saturated carbocycles. The zero-order valence-corrected chi connectivity index (χ0v) is 23.2. The first-order chi connectivity index (χ1) is 16.2. The van der Waals surface area contributed by atoms with Gasteiger partial charge in [0.25, 0.3) is 0 Å². The number of allylic oxidation sites excluding steroid dienone is 2. The van der Waals surface area contributed by atoms with Gasteiger partial charge in [0, 0.05) is 37.8 Å². The maximum atomic E-state index is 11.8. The van der Waals surface area contributed by atoms with E-state index in [1.54, 1.807) is 0 Å². The number of hydrogen-bond donors (Lipinski definition) is 0. The molecule has 0 aromatic heterocycles. The number of esters is 1. The molecule has 0 fully saturated rings. The van der Waals surface area contributed by atoms with E-state index in [4.69, 9.17) is 27.9 Å². The van der Waals surface area contributed by atoms with Gasteiger partial charge in [0.05, 0.1) is 0 Å². The fourth-order valence-corrected chi connectivity index (χ4v) is 4.46. The first-order valence-corrected chi connectivity index (χ1v) is 15.0. The summed E-state index contributed by atoms with van der Waals surface area (Å²) in [5, 5.41) is 0. The lowest BCUT2D eigenvalue weighted by molar-refractivity contribution is -0.144. The van der Waals surface area contributed by atoms with Crippen LogP contribution in [0.3, 0.4) is 0 Å². The van der Waals surface area contributed by atoms with Crippen molar-refractivity contribution in [3.05, 3.63) is 12.2 Å². The van der Waals surface area contributed by atoms with Crippen LogP contribution in [0.5, 0.6) is 0 Å². The quantitative estimate of drug-likeness (QED) is 0.0508. The summed E-state index contributed by atoms with van der Waals surface area (Å²) in [7, 11) is 0. The van der Waals surface area contributed by atoms with E-state index in [-0.39, 0.29) is 5.97 Å². The first kappa shape index (κ1) is 32.8. The van der Waals surface area contributed by atoms with Gasteiger partial charge in [-0.05, 0) is 32.1 Å². The molecule has 0 unspecified atom stereocenters. The fraction of sp³-hybridized carbons (Fsp3) is 0.893. The van der Waals surface area contributed by atoms with Gasteiger partial charge in [-0.3, -0.25) is 9.69 Å². The van der Waals surface area contributed by atoms with Crippen molar-refractivity contribution in [2.24, 2.45) is 0 Å². The minimum Gasteiger partial charge on any atom is -0.464 e. The highest BCUT2D eigenvalue weighted by Crippen LogP contribution is 2.12. The SMILES string of the molecule is CCCCCCCC/C=C/CCCCCCCCCCCC(=O)OCCN(CCCl)CCCl. The summed E-state index contributed by atoms with van der Waals surface area (Å²) in [6.45, 7) is 4.98. The second kappa shape index (κ2) is 28.0. The lowest BCUT2D eigenvalue weighted by atomic mass is 10.1. The number of carbonyl (C=O) groups is 1. The molecule has 0 saturated heterocycles. The number of carbonyl (C=O) groups excluding carboxylic acids is 1. The van der Waals surface area contributed by atoms with Crippen molar-refractivity contribution in [3.8, 4) is 0 Å². The average Bonchev–Trinajstić information content (AvgIpc) is 2.81. The Kier molecular flexibility index (Phi) is 27.8. The van der Waals surface area contributed by atoms with Gasteiger partial charge >= 0.3 is 5.97 Å². The van der Waals surface area contributed by atoms with Gasteiger partial charge in [-0.2, -0.15) is 0 Å². The predicted molar refractivity (Wildman–Crippen MR) is 147 cm³/mol. The van der Waals surface area contributed by atoms with Crippen LogP contribution in [-0.4, -0.2) is 48.9 Å². The standard InChI is InChI=1S/C28H53Cl2NO2/c1-2-3-4-5-6-7-8-9-10-11-12-13-14-15-16-17-18-19-20-21-28(32)33-27-26-31(24-22-29)25-23-30/h9-10H,2-8,11-27H2,1H3/b10-9+. The molecular formula is C28H53Cl2NO2. The summed E-state index contributed by atoms with van der Waals surface area (Å²) < 4.78 is 5.33. The first-order valence-electron chi connectivity index (χ1n) is 13.9. The summed E-state index contributed by atoms with van der Waals surface area (Å²) in [5.41, 5.74) is 0. The molecule has 0 radical (unpaired) electrons. The molecule has 0 rings (SSSR count). The van der Waals surface area contributed by atoms with Crippen molar-refractivity contribution in [2.45, 2.75) is 122 Å². The Morgan fingerprint density at radius 3 is 1.61 bits per heavy atom. The van der Waals surface area contributed by atoms with Crippen LogP contribution in [0.1, 0.15) is 122 Å². The van der Waals surface area contributed by atoms with E-state index in [0.29, 0.717) is 31.3 Å². The van der Waals surface area contributed by atoms with Gasteiger partial charge in [0.2, 0.25) is 0 Å².